The van der Waals surface area contributed by atoms with Crippen molar-refractivity contribution >= 4 is 0 Å². The minimum atomic E-state index is 0.156. The van der Waals surface area contributed by atoms with Gasteiger partial charge in [0.2, 0.25) is 0 Å². The van der Waals surface area contributed by atoms with Crippen LogP contribution < -0.4 is 10.1 Å². The Morgan fingerprint density at radius 2 is 1.45 bits per heavy atom. The van der Waals surface area contributed by atoms with Crippen LogP contribution in [0.1, 0.15) is 57.7 Å². The molecule has 3 nitrogen and oxygen atoms in total. The number of hydrogen-bond donors (Lipinski definition) is 1. The molecule has 0 aliphatic heterocycles. The Kier molecular flexibility index (Phi) is 8.73. The average molecular weight is 398 g/mol. The van der Waals surface area contributed by atoms with Crippen molar-refractivity contribution in [3.8, 4) is 5.75 Å². The second-order valence-corrected chi connectivity index (χ2v) is 9.66. The highest BCUT2D eigenvalue weighted by Crippen LogP contribution is 2.36. The topological polar surface area (TPSA) is 30.5 Å². The number of rotatable bonds is 11. The van der Waals surface area contributed by atoms with Crippen LogP contribution in [-0.2, 0) is 23.1 Å². The van der Waals surface area contributed by atoms with Crippen molar-refractivity contribution in [3.63, 3.8) is 0 Å². The number of benzene rings is 2. The van der Waals surface area contributed by atoms with Crippen molar-refractivity contribution < 1.29 is 9.47 Å². The predicted molar refractivity (Wildman–Crippen MR) is 123 cm³/mol. The lowest BCUT2D eigenvalue weighted by Crippen LogP contribution is -2.24. The van der Waals surface area contributed by atoms with Crippen LogP contribution in [0.5, 0.6) is 5.75 Å². The van der Waals surface area contributed by atoms with Gasteiger partial charge in [-0.2, -0.15) is 0 Å². The summed E-state index contributed by atoms with van der Waals surface area (Å²) in [6, 6.07) is 17.1. The molecule has 0 spiro atoms. The Labute approximate surface area is 177 Å². The van der Waals surface area contributed by atoms with E-state index in [1.54, 1.807) is 0 Å². The molecule has 2 rings (SSSR count). The van der Waals surface area contributed by atoms with E-state index in [1.807, 2.05) is 7.05 Å². The molecule has 0 heterocycles. The van der Waals surface area contributed by atoms with Gasteiger partial charge in [0.05, 0.1) is 13.2 Å². The number of hydrogen-bond acceptors (Lipinski definition) is 3. The summed E-state index contributed by atoms with van der Waals surface area (Å²) in [5, 5.41) is 3.22. The van der Waals surface area contributed by atoms with Crippen LogP contribution >= 0.6 is 0 Å². The first kappa shape index (κ1) is 23.4. The molecule has 2 aromatic carbocycles. The van der Waals surface area contributed by atoms with E-state index in [9.17, 15) is 0 Å². The highest BCUT2D eigenvalue weighted by Gasteiger charge is 2.27. The normalized spacial score (nSPS) is 12.2. The molecule has 0 aliphatic carbocycles. The lowest BCUT2D eigenvalue weighted by molar-refractivity contribution is 0.102. The molecular weight excluding hydrogens is 358 g/mol. The van der Waals surface area contributed by atoms with Gasteiger partial charge >= 0.3 is 0 Å². The van der Waals surface area contributed by atoms with Gasteiger partial charge in [-0.1, -0.05) is 71.0 Å². The zero-order valence-corrected chi connectivity index (χ0v) is 19.2. The van der Waals surface area contributed by atoms with Gasteiger partial charge in [-0.25, -0.2) is 0 Å². The second-order valence-electron chi connectivity index (χ2n) is 9.66. The van der Waals surface area contributed by atoms with Crippen LogP contribution in [0, 0.1) is 5.41 Å². The quantitative estimate of drug-likeness (QED) is 0.489. The summed E-state index contributed by atoms with van der Waals surface area (Å²) < 4.78 is 11.6. The van der Waals surface area contributed by atoms with Crippen LogP contribution in [0.25, 0.3) is 0 Å². The van der Waals surface area contributed by atoms with Gasteiger partial charge in [-0.05, 0) is 59.5 Å². The van der Waals surface area contributed by atoms with Crippen LogP contribution in [0.2, 0.25) is 0 Å². The lowest BCUT2D eigenvalue weighted by atomic mass is 9.72. The Morgan fingerprint density at radius 1 is 0.793 bits per heavy atom. The fourth-order valence-corrected chi connectivity index (χ4v) is 4.10. The summed E-state index contributed by atoms with van der Waals surface area (Å²) in [5.74, 6) is 0.906. The second kappa shape index (κ2) is 10.8. The van der Waals surface area contributed by atoms with Crippen molar-refractivity contribution in [1.82, 2.24) is 5.32 Å². The van der Waals surface area contributed by atoms with E-state index in [0.29, 0.717) is 25.2 Å². The van der Waals surface area contributed by atoms with Crippen molar-refractivity contribution in [2.75, 3.05) is 26.9 Å². The maximum Gasteiger partial charge on any atom is 0.119 e. The van der Waals surface area contributed by atoms with Gasteiger partial charge in [-0.3, -0.25) is 0 Å². The van der Waals surface area contributed by atoms with Crippen LogP contribution in [0.4, 0.5) is 0 Å². The molecule has 0 amide bonds. The molecule has 160 valence electrons. The molecule has 1 N–H and O–H groups in total. The van der Waals surface area contributed by atoms with E-state index in [2.05, 4.69) is 88.5 Å². The SMILES string of the molecule is CNCc1ccccc1CCOCCOc1ccc(C(C)(C)CC(C)(C)C)cc1. The van der Waals surface area contributed by atoms with E-state index >= 15 is 0 Å². The fourth-order valence-electron chi connectivity index (χ4n) is 4.10. The fraction of sp³-hybridized carbons (Fsp3) is 0.538. The highest BCUT2D eigenvalue weighted by atomic mass is 16.5. The lowest BCUT2D eigenvalue weighted by Gasteiger charge is -2.33. The van der Waals surface area contributed by atoms with Crippen molar-refractivity contribution in [2.24, 2.45) is 5.41 Å². The Hall–Kier alpha value is -1.84. The Balaban J connectivity index is 1.72. The van der Waals surface area contributed by atoms with Crippen LogP contribution in [-0.4, -0.2) is 26.9 Å². The summed E-state index contributed by atoms with van der Waals surface area (Å²) in [4.78, 5) is 0. The zero-order valence-electron chi connectivity index (χ0n) is 19.2. The molecule has 0 unspecified atom stereocenters. The monoisotopic (exact) mass is 397 g/mol. The Bertz CT molecular complexity index is 729. The summed E-state index contributed by atoms with van der Waals surface area (Å²) in [6.07, 6.45) is 2.07. The predicted octanol–water partition coefficient (Wildman–Crippen LogP) is 5.76. The van der Waals surface area contributed by atoms with Gasteiger partial charge < -0.3 is 14.8 Å². The average Bonchev–Trinajstić information content (AvgIpc) is 2.64. The summed E-state index contributed by atoms with van der Waals surface area (Å²) in [5.41, 5.74) is 4.50. The third-order valence-corrected chi connectivity index (χ3v) is 5.11. The van der Waals surface area contributed by atoms with Crippen molar-refractivity contribution in [3.05, 3.63) is 65.2 Å². The molecule has 3 heteroatoms. The summed E-state index contributed by atoms with van der Waals surface area (Å²) in [7, 11) is 1.97. The summed E-state index contributed by atoms with van der Waals surface area (Å²) >= 11 is 0. The molecule has 0 radical (unpaired) electrons. The molecule has 2 aromatic rings. The van der Waals surface area contributed by atoms with Crippen LogP contribution in [0.3, 0.4) is 0 Å². The third kappa shape index (κ3) is 8.20. The van der Waals surface area contributed by atoms with E-state index in [0.717, 1.165) is 25.1 Å². The van der Waals surface area contributed by atoms with Gasteiger partial charge in [0.25, 0.3) is 0 Å². The molecule has 0 saturated heterocycles. The third-order valence-electron chi connectivity index (χ3n) is 5.11. The molecule has 29 heavy (non-hydrogen) atoms. The molecule has 0 saturated carbocycles. The van der Waals surface area contributed by atoms with Gasteiger partial charge in [0.1, 0.15) is 12.4 Å². The molecule has 0 aromatic heterocycles. The number of ether oxygens (including phenoxy) is 2. The zero-order chi connectivity index (χ0) is 21.3. The van der Waals surface area contributed by atoms with E-state index in [4.69, 9.17) is 9.47 Å². The highest BCUT2D eigenvalue weighted by molar-refractivity contribution is 5.32. The van der Waals surface area contributed by atoms with Gasteiger partial charge in [0, 0.05) is 6.54 Å². The number of nitrogens with one attached hydrogen (secondary N) is 1. The Morgan fingerprint density at radius 3 is 2.07 bits per heavy atom. The minimum Gasteiger partial charge on any atom is -0.491 e. The molecule has 0 bridgehead atoms. The van der Waals surface area contributed by atoms with E-state index < -0.39 is 0 Å². The minimum absolute atomic E-state index is 0.156. The first-order chi connectivity index (χ1) is 13.7. The maximum atomic E-state index is 5.85. The van der Waals surface area contributed by atoms with E-state index in [-0.39, 0.29) is 5.41 Å². The smallest absolute Gasteiger partial charge is 0.119 e. The van der Waals surface area contributed by atoms with Crippen molar-refractivity contribution in [2.45, 2.75) is 59.4 Å². The molecule has 0 fully saturated rings. The molecular formula is C26H39NO2. The van der Waals surface area contributed by atoms with E-state index in [1.165, 1.54) is 16.7 Å². The van der Waals surface area contributed by atoms with Crippen molar-refractivity contribution in [1.29, 1.82) is 0 Å². The largest absolute Gasteiger partial charge is 0.491 e. The first-order valence-corrected chi connectivity index (χ1v) is 10.7. The van der Waals surface area contributed by atoms with Gasteiger partial charge in [0.15, 0.2) is 0 Å². The maximum absolute atomic E-state index is 5.85. The standard InChI is InChI=1S/C26H39NO2/c1-25(2,3)20-26(4,5)23-11-13-24(14-12-23)29-18-17-28-16-15-21-9-7-8-10-22(21)19-27-6/h7-14,27H,15-20H2,1-6H3. The van der Waals surface area contributed by atoms with Crippen LogP contribution in [0.15, 0.2) is 48.5 Å². The van der Waals surface area contributed by atoms with Gasteiger partial charge in [-0.15, -0.1) is 0 Å². The molecule has 0 aliphatic rings. The first-order valence-electron chi connectivity index (χ1n) is 10.7. The molecule has 0 atom stereocenters. The summed E-state index contributed by atoms with van der Waals surface area (Å²) in [6.45, 7) is 14.3.